The Hall–Kier alpha value is -1.49. The number of alkyl halides is 1. The number of aromatic nitrogens is 2. The third kappa shape index (κ3) is 1.97. The lowest BCUT2D eigenvalue weighted by Gasteiger charge is -1.96. The standard InChI is InChI=1S/C9H5ClF2N2O/c10-4-8-13-9(15-14-8)6-3-5(11)1-2-7(6)12/h1-3H,4H2. The Labute approximate surface area is 88.7 Å². The molecule has 6 heteroatoms. The summed E-state index contributed by atoms with van der Waals surface area (Å²) < 4.78 is 30.8. The molecule has 15 heavy (non-hydrogen) atoms. The zero-order chi connectivity index (χ0) is 10.8. The molecule has 2 aromatic rings. The highest BCUT2D eigenvalue weighted by atomic mass is 35.5. The van der Waals surface area contributed by atoms with Gasteiger partial charge in [0.2, 0.25) is 0 Å². The lowest BCUT2D eigenvalue weighted by atomic mass is 10.2. The smallest absolute Gasteiger partial charge is 0.261 e. The summed E-state index contributed by atoms with van der Waals surface area (Å²) >= 11 is 5.45. The van der Waals surface area contributed by atoms with Crippen molar-refractivity contribution < 1.29 is 13.3 Å². The van der Waals surface area contributed by atoms with Crippen molar-refractivity contribution in [3.05, 3.63) is 35.7 Å². The van der Waals surface area contributed by atoms with Gasteiger partial charge in [0.15, 0.2) is 5.82 Å². The maximum atomic E-state index is 13.2. The van der Waals surface area contributed by atoms with E-state index in [1.54, 1.807) is 0 Å². The molecule has 0 bridgehead atoms. The largest absolute Gasteiger partial charge is 0.334 e. The Morgan fingerprint density at radius 2 is 2.13 bits per heavy atom. The maximum absolute atomic E-state index is 13.2. The van der Waals surface area contributed by atoms with Gasteiger partial charge in [-0.15, -0.1) is 11.6 Å². The van der Waals surface area contributed by atoms with E-state index in [-0.39, 0.29) is 23.2 Å². The van der Waals surface area contributed by atoms with E-state index in [4.69, 9.17) is 16.1 Å². The lowest BCUT2D eigenvalue weighted by Crippen LogP contribution is -1.87. The number of hydrogen-bond donors (Lipinski definition) is 0. The second-order valence-corrected chi connectivity index (χ2v) is 3.04. The molecule has 0 spiro atoms. The van der Waals surface area contributed by atoms with E-state index < -0.39 is 11.6 Å². The zero-order valence-corrected chi connectivity index (χ0v) is 8.13. The summed E-state index contributed by atoms with van der Waals surface area (Å²) in [6, 6.07) is 2.99. The molecule has 0 unspecified atom stereocenters. The molecule has 78 valence electrons. The molecule has 0 saturated heterocycles. The Morgan fingerprint density at radius 1 is 1.33 bits per heavy atom. The monoisotopic (exact) mass is 230 g/mol. The fourth-order valence-electron chi connectivity index (χ4n) is 1.08. The van der Waals surface area contributed by atoms with E-state index in [0.717, 1.165) is 18.2 Å². The third-order valence-corrected chi connectivity index (χ3v) is 1.99. The fraction of sp³-hybridized carbons (Fsp3) is 0.111. The highest BCUT2D eigenvalue weighted by Crippen LogP contribution is 2.22. The Kier molecular flexibility index (Phi) is 2.64. The van der Waals surface area contributed by atoms with Crippen molar-refractivity contribution in [2.75, 3.05) is 0 Å². The van der Waals surface area contributed by atoms with Gasteiger partial charge in [-0.1, -0.05) is 5.16 Å². The van der Waals surface area contributed by atoms with Gasteiger partial charge >= 0.3 is 0 Å². The summed E-state index contributed by atoms with van der Waals surface area (Å²) in [7, 11) is 0. The molecule has 0 aliphatic carbocycles. The molecular weight excluding hydrogens is 226 g/mol. The van der Waals surface area contributed by atoms with Gasteiger partial charge in [-0.2, -0.15) is 4.98 Å². The van der Waals surface area contributed by atoms with E-state index in [1.165, 1.54) is 0 Å². The summed E-state index contributed by atoms with van der Waals surface area (Å²) in [4.78, 5) is 3.78. The van der Waals surface area contributed by atoms with Gasteiger partial charge in [-0.25, -0.2) is 8.78 Å². The van der Waals surface area contributed by atoms with Gasteiger partial charge in [-0.05, 0) is 18.2 Å². The fourth-order valence-corrected chi connectivity index (χ4v) is 1.19. The van der Waals surface area contributed by atoms with Crippen molar-refractivity contribution in [1.82, 2.24) is 10.1 Å². The molecule has 0 aliphatic heterocycles. The van der Waals surface area contributed by atoms with Crippen LogP contribution in [-0.2, 0) is 5.88 Å². The number of halogens is 3. The van der Waals surface area contributed by atoms with Gasteiger partial charge in [0.05, 0.1) is 11.4 Å². The van der Waals surface area contributed by atoms with Crippen LogP contribution >= 0.6 is 11.6 Å². The highest BCUT2D eigenvalue weighted by Gasteiger charge is 2.13. The van der Waals surface area contributed by atoms with Crippen molar-refractivity contribution >= 4 is 11.6 Å². The Morgan fingerprint density at radius 3 is 2.80 bits per heavy atom. The van der Waals surface area contributed by atoms with Crippen molar-refractivity contribution in [2.45, 2.75) is 5.88 Å². The van der Waals surface area contributed by atoms with Gasteiger partial charge in [0.1, 0.15) is 11.6 Å². The molecular formula is C9H5ClF2N2O. The van der Waals surface area contributed by atoms with Crippen LogP contribution in [0.15, 0.2) is 22.7 Å². The first-order chi connectivity index (χ1) is 7.20. The van der Waals surface area contributed by atoms with Crippen LogP contribution < -0.4 is 0 Å². The minimum Gasteiger partial charge on any atom is -0.334 e. The average Bonchev–Trinajstić information content (AvgIpc) is 2.70. The van der Waals surface area contributed by atoms with Gasteiger partial charge in [0.25, 0.3) is 5.89 Å². The Balaban J connectivity index is 2.48. The van der Waals surface area contributed by atoms with Crippen molar-refractivity contribution in [2.24, 2.45) is 0 Å². The van der Waals surface area contributed by atoms with Crippen LogP contribution in [0.25, 0.3) is 11.5 Å². The molecule has 0 N–H and O–H groups in total. The van der Waals surface area contributed by atoms with Crippen molar-refractivity contribution in [1.29, 1.82) is 0 Å². The summed E-state index contributed by atoms with van der Waals surface area (Å²) in [5.41, 5.74) is -0.0705. The minimum atomic E-state index is -0.624. The predicted octanol–water partition coefficient (Wildman–Crippen LogP) is 2.75. The van der Waals surface area contributed by atoms with E-state index >= 15 is 0 Å². The van der Waals surface area contributed by atoms with Crippen LogP contribution in [0.4, 0.5) is 8.78 Å². The molecule has 2 rings (SSSR count). The molecule has 0 atom stereocenters. The van der Waals surface area contributed by atoms with E-state index in [9.17, 15) is 8.78 Å². The zero-order valence-electron chi connectivity index (χ0n) is 7.38. The van der Waals surface area contributed by atoms with Crippen LogP contribution in [0.3, 0.4) is 0 Å². The van der Waals surface area contributed by atoms with E-state index in [0.29, 0.717) is 0 Å². The average molecular weight is 231 g/mol. The molecule has 0 amide bonds. The first kappa shape index (κ1) is 10.0. The molecule has 0 radical (unpaired) electrons. The molecule has 0 aliphatic rings. The molecule has 3 nitrogen and oxygen atoms in total. The first-order valence-electron chi connectivity index (χ1n) is 4.04. The van der Waals surface area contributed by atoms with Gasteiger partial charge in [-0.3, -0.25) is 0 Å². The number of benzene rings is 1. The SMILES string of the molecule is Fc1ccc(F)c(-c2nc(CCl)no2)c1. The predicted molar refractivity (Wildman–Crippen MR) is 49.2 cm³/mol. The molecule has 1 heterocycles. The maximum Gasteiger partial charge on any atom is 0.261 e. The third-order valence-electron chi connectivity index (χ3n) is 1.75. The van der Waals surface area contributed by atoms with Crippen LogP contribution in [0.1, 0.15) is 5.82 Å². The van der Waals surface area contributed by atoms with Crippen molar-refractivity contribution in [3.8, 4) is 11.5 Å². The molecule has 0 fully saturated rings. The summed E-state index contributed by atoms with van der Waals surface area (Å²) in [5, 5.41) is 3.47. The summed E-state index contributed by atoms with van der Waals surface area (Å²) in [6.07, 6.45) is 0. The summed E-state index contributed by atoms with van der Waals surface area (Å²) in [5.74, 6) is -0.989. The summed E-state index contributed by atoms with van der Waals surface area (Å²) in [6.45, 7) is 0. The van der Waals surface area contributed by atoms with Crippen LogP contribution in [0, 0.1) is 11.6 Å². The van der Waals surface area contributed by atoms with E-state index in [2.05, 4.69) is 10.1 Å². The highest BCUT2D eigenvalue weighted by molar-refractivity contribution is 6.16. The second kappa shape index (κ2) is 3.94. The van der Waals surface area contributed by atoms with Gasteiger partial charge < -0.3 is 4.52 Å². The quantitative estimate of drug-likeness (QED) is 0.745. The minimum absolute atomic E-state index is 0.0560. The van der Waals surface area contributed by atoms with Crippen molar-refractivity contribution in [3.63, 3.8) is 0 Å². The molecule has 1 aromatic heterocycles. The van der Waals surface area contributed by atoms with Crippen LogP contribution in [0.2, 0.25) is 0 Å². The molecule has 0 saturated carbocycles. The first-order valence-corrected chi connectivity index (χ1v) is 4.58. The second-order valence-electron chi connectivity index (χ2n) is 2.77. The number of rotatable bonds is 2. The van der Waals surface area contributed by atoms with Crippen LogP contribution in [-0.4, -0.2) is 10.1 Å². The normalized spacial score (nSPS) is 10.6. The number of hydrogen-bond acceptors (Lipinski definition) is 3. The Bertz CT molecular complexity index is 487. The lowest BCUT2D eigenvalue weighted by molar-refractivity contribution is 0.422. The topological polar surface area (TPSA) is 38.9 Å². The van der Waals surface area contributed by atoms with E-state index in [1.807, 2.05) is 0 Å². The van der Waals surface area contributed by atoms with Gasteiger partial charge in [0, 0.05) is 0 Å². The van der Waals surface area contributed by atoms with Crippen LogP contribution in [0.5, 0.6) is 0 Å². The molecule has 1 aromatic carbocycles. The number of nitrogens with zero attached hydrogens (tertiary/aromatic N) is 2.